The van der Waals surface area contributed by atoms with Crippen LogP contribution in [0.5, 0.6) is 0 Å². The summed E-state index contributed by atoms with van der Waals surface area (Å²) in [7, 11) is 0. The van der Waals surface area contributed by atoms with Gasteiger partial charge in [-0.15, -0.1) is 0 Å². The molecule has 1 aliphatic rings. The first-order chi connectivity index (χ1) is 14.0. The van der Waals surface area contributed by atoms with E-state index in [1.807, 2.05) is 30.3 Å². The number of fused-ring (bicyclic) bond motifs is 2. The van der Waals surface area contributed by atoms with Crippen molar-refractivity contribution in [1.29, 1.82) is 0 Å². The van der Waals surface area contributed by atoms with E-state index in [4.69, 9.17) is 0 Å². The highest BCUT2D eigenvalue weighted by atomic mass is 16.2. The lowest BCUT2D eigenvalue weighted by Gasteiger charge is -2.25. The summed E-state index contributed by atoms with van der Waals surface area (Å²) in [6.45, 7) is 5.27. The second-order valence-electron chi connectivity index (χ2n) is 6.75. The minimum atomic E-state index is -0.466. The fraction of sp³-hybridized carbons (Fsp3) is 0.0417. The standard InChI is InChI=1S/C24H18N2O3/c1-3-19(27)26-22-18(25-15-9-5-4-6-10-15)13-14(2)20-21(22)24(29)17-12-8-7-11-16(17)23(20)28/h3-13,25H,1H2,2H3,(H,26,27). The van der Waals surface area contributed by atoms with Crippen LogP contribution in [0.2, 0.25) is 0 Å². The Hall–Kier alpha value is -3.99. The van der Waals surface area contributed by atoms with Crippen molar-refractivity contribution in [1.82, 2.24) is 0 Å². The fourth-order valence-electron chi connectivity index (χ4n) is 3.57. The van der Waals surface area contributed by atoms with Gasteiger partial charge in [0, 0.05) is 22.4 Å². The van der Waals surface area contributed by atoms with Crippen LogP contribution in [0.1, 0.15) is 37.4 Å². The van der Waals surface area contributed by atoms with Crippen LogP contribution in [-0.2, 0) is 4.79 Å². The Morgan fingerprint density at radius 2 is 1.48 bits per heavy atom. The number of benzene rings is 3. The molecule has 0 radical (unpaired) electrons. The molecule has 0 saturated carbocycles. The molecule has 5 heteroatoms. The SMILES string of the molecule is C=CC(=O)Nc1c(Nc2ccccc2)cc(C)c2c1C(=O)c1ccccc1C2=O. The van der Waals surface area contributed by atoms with Crippen LogP contribution in [0.4, 0.5) is 17.1 Å². The Bertz CT molecular complexity index is 1180. The summed E-state index contributed by atoms with van der Waals surface area (Å²) in [5.74, 6) is -0.992. The summed E-state index contributed by atoms with van der Waals surface area (Å²) >= 11 is 0. The van der Waals surface area contributed by atoms with Gasteiger partial charge in [0.2, 0.25) is 5.91 Å². The van der Waals surface area contributed by atoms with Crippen LogP contribution in [0.25, 0.3) is 0 Å². The van der Waals surface area contributed by atoms with Crippen LogP contribution >= 0.6 is 0 Å². The maximum absolute atomic E-state index is 13.3. The maximum atomic E-state index is 13.3. The van der Waals surface area contributed by atoms with E-state index in [0.717, 1.165) is 11.8 Å². The molecule has 0 saturated heterocycles. The van der Waals surface area contributed by atoms with Gasteiger partial charge in [-0.05, 0) is 36.8 Å². The van der Waals surface area contributed by atoms with Crippen LogP contribution in [0.15, 0.2) is 73.3 Å². The number of aryl methyl sites for hydroxylation is 1. The number of hydrogen-bond donors (Lipinski definition) is 2. The van der Waals surface area contributed by atoms with Crippen molar-refractivity contribution >= 4 is 34.5 Å². The minimum absolute atomic E-state index is 0.197. The molecule has 0 aliphatic heterocycles. The van der Waals surface area contributed by atoms with Crippen molar-refractivity contribution in [3.05, 3.63) is 101 Å². The molecular weight excluding hydrogens is 364 g/mol. The average Bonchev–Trinajstić information content (AvgIpc) is 2.74. The van der Waals surface area contributed by atoms with Gasteiger partial charge < -0.3 is 10.6 Å². The summed E-state index contributed by atoms with van der Waals surface area (Å²) in [6, 6.07) is 17.9. The van der Waals surface area contributed by atoms with E-state index in [1.54, 1.807) is 37.3 Å². The molecule has 0 bridgehead atoms. The molecule has 1 aliphatic carbocycles. The van der Waals surface area contributed by atoms with Gasteiger partial charge >= 0.3 is 0 Å². The third kappa shape index (κ3) is 3.12. The second-order valence-corrected chi connectivity index (χ2v) is 6.75. The molecule has 0 aromatic heterocycles. The van der Waals surface area contributed by atoms with E-state index in [9.17, 15) is 14.4 Å². The molecule has 142 valence electrons. The third-order valence-corrected chi connectivity index (χ3v) is 4.88. The third-order valence-electron chi connectivity index (χ3n) is 4.88. The molecule has 5 nitrogen and oxygen atoms in total. The van der Waals surface area contributed by atoms with E-state index in [0.29, 0.717) is 27.9 Å². The van der Waals surface area contributed by atoms with Crippen LogP contribution in [0.3, 0.4) is 0 Å². The lowest BCUT2D eigenvalue weighted by atomic mass is 9.80. The van der Waals surface area contributed by atoms with Gasteiger partial charge in [0.1, 0.15) is 0 Å². The molecule has 4 rings (SSSR count). The van der Waals surface area contributed by atoms with E-state index in [2.05, 4.69) is 17.2 Å². The lowest BCUT2D eigenvalue weighted by molar-refractivity contribution is -0.111. The number of carbonyl (C=O) groups is 3. The first kappa shape index (κ1) is 18.4. The topological polar surface area (TPSA) is 75.3 Å². The molecule has 0 atom stereocenters. The van der Waals surface area contributed by atoms with Gasteiger partial charge in [0.05, 0.1) is 16.9 Å². The smallest absolute Gasteiger partial charge is 0.247 e. The van der Waals surface area contributed by atoms with Crippen molar-refractivity contribution in [2.75, 3.05) is 10.6 Å². The Balaban J connectivity index is 1.96. The van der Waals surface area contributed by atoms with Gasteiger partial charge in [0.25, 0.3) is 0 Å². The van der Waals surface area contributed by atoms with Gasteiger partial charge in [0.15, 0.2) is 11.6 Å². The summed E-state index contributed by atoms with van der Waals surface area (Å²) < 4.78 is 0. The zero-order chi connectivity index (χ0) is 20.5. The monoisotopic (exact) mass is 382 g/mol. The number of anilines is 3. The van der Waals surface area contributed by atoms with Gasteiger partial charge in [-0.25, -0.2) is 0 Å². The normalized spacial score (nSPS) is 12.0. The number of nitrogens with one attached hydrogen (secondary N) is 2. The lowest BCUT2D eigenvalue weighted by Crippen LogP contribution is -2.25. The molecule has 3 aromatic carbocycles. The number of amides is 1. The van der Waals surface area contributed by atoms with Crippen molar-refractivity contribution in [2.24, 2.45) is 0 Å². The number of hydrogen-bond acceptors (Lipinski definition) is 4. The molecule has 0 unspecified atom stereocenters. The Labute approximate surface area is 168 Å². The van der Waals surface area contributed by atoms with E-state index in [1.165, 1.54) is 0 Å². The number of carbonyl (C=O) groups excluding carboxylic acids is 3. The number of para-hydroxylation sites is 1. The van der Waals surface area contributed by atoms with Gasteiger partial charge in [-0.1, -0.05) is 49.0 Å². The zero-order valence-corrected chi connectivity index (χ0v) is 15.8. The zero-order valence-electron chi connectivity index (χ0n) is 15.8. The van der Waals surface area contributed by atoms with Crippen LogP contribution < -0.4 is 10.6 Å². The van der Waals surface area contributed by atoms with Gasteiger partial charge in [-0.3, -0.25) is 14.4 Å². The van der Waals surface area contributed by atoms with Crippen LogP contribution in [0, 0.1) is 6.92 Å². The second kappa shape index (κ2) is 7.20. The summed E-state index contributed by atoms with van der Waals surface area (Å²) in [5, 5.41) is 5.96. The fourth-order valence-corrected chi connectivity index (χ4v) is 3.57. The van der Waals surface area contributed by atoms with E-state index >= 15 is 0 Å². The van der Waals surface area contributed by atoms with Crippen molar-refractivity contribution < 1.29 is 14.4 Å². The molecule has 1 amide bonds. The number of ketones is 2. The molecule has 0 fully saturated rings. The predicted molar refractivity (Wildman–Crippen MR) is 113 cm³/mol. The Morgan fingerprint density at radius 1 is 0.897 bits per heavy atom. The minimum Gasteiger partial charge on any atom is -0.354 e. The first-order valence-electron chi connectivity index (χ1n) is 9.12. The highest BCUT2D eigenvalue weighted by Crippen LogP contribution is 2.39. The summed E-state index contributed by atoms with van der Waals surface area (Å²) in [6.07, 6.45) is 1.13. The van der Waals surface area contributed by atoms with Crippen molar-refractivity contribution in [2.45, 2.75) is 6.92 Å². The first-order valence-corrected chi connectivity index (χ1v) is 9.12. The molecule has 0 heterocycles. The summed E-state index contributed by atoms with van der Waals surface area (Å²) in [5.41, 5.74) is 3.46. The highest BCUT2D eigenvalue weighted by molar-refractivity contribution is 6.32. The molecule has 2 N–H and O–H groups in total. The highest BCUT2D eigenvalue weighted by Gasteiger charge is 2.34. The van der Waals surface area contributed by atoms with Crippen molar-refractivity contribution in [3.63, 3.8) is 0 Å². The average molecular weight is 382 g/mol. The molecule has 0 spiro atoms. The largest absolute Gasteiger partial charge is 0.354 e. The van der Waals surface area contributed by atoms with E-state index < -0.39 is 5.91 Å². The predicted octanol–water partition coefficient (Wildman–Crippen LogP) is 4.64. The maximum Gasteiger partial charge on any atom is 0.247 e. The van der Waals surface area contributed by atoms with Crippen molar-refractivity contribution in [3.8, 4) is 0 Å². The number of rotatable bonds is 4. The van der Waals surface area contributed by atoms with Gasteiger partial charge in [-0.2, -0.15) is 0 Å². The summed E-state index contributed by atoms with van der Waals surface area (Å²) in [4.78, 5) is 38.6. The Kier molecular flexibility index (Phi) is 4.56. The molecular formula is C24H18N2O3. The van der Waals surface area contributed by atoms with Crippen LogP contribution in [-0.4, -0.2) is 17.5 Å². The van der Waals surface area contributed by atoms with E-state index in [-0.39, 0.29) is 22.8 Å². The molecule has 29 heavy (non-hydrogen) atoms. The Morgan fingerprint density at radius 3 is 2.10 bits per heavy atom. The molecule has 3 aromatic rings. The quantitative estimate of drug-likeness (QED) is 0.504.